The second kappa shape index (κ2) is 6.66. The summed E-state index contributed by atoms with van der Waals surface area (Å²) in [5, 5.41) is 2.87. The third-order valence-electron chi connectivity index (χ3n) is 2.95. The van der Waals surface area contributed by atoms with E-state index in [4.69, 9.17) is 0 Å². The molecule has 2 rings (SSSR count). The van der Waals surface area contributed by atoms with E-state index in [2.05, 4.69) is 30.2 Å². The molecule has 0 atom stereocenters. The lowest BCUT2D eigenvalue weighted by Gasteiger charge is -2.08. The minimum atomic E-state index is -0.136. The van der Waals surface area contributed by atoms with Gasteiger partial charge in [0.25, 0.3) is 0 Å². The van der Waals surface area contributed by atoms with E-state index in [9.17, 15) is 4.79 Å². The highest BCUT2D eigenvalue weighted by atomic mass is 16.1. The van der Waals surface area contributed by atoms with E-state index >= 15 is 0 Å². The van der Waals surface area contributed by atoms with E-state index in [1.165, 1.54) is 11.6 Å². The molecule has 1 heterocycles. The molecule has 0 saturated carbocycles. The van der Waals surface area contributed by atoms with Crippen molar-refractivity contribution < 1.29 is 4.79 Å². The van der Waals surface area contributed by atoms with Crippen LogP contribution in [0.25, 0.3) is 6.08 Å². The summed E-state index contributed by atoms with van der Waals surface area (Å²) in [6, 6.07) is 11.6. The Labute approximate surface area is 119 Å². The first-order valence-corrected chi connectivity index (χ1v) is 6.64. The Kier molecular flexibility index (Phi) is 4.66. The average molecular weight is 266 g/mol. The van der Waals surface area contributed by atoms with Crippen LogP contribution < -0.4 is 5.32 Å². The first-order valence-electron chi connectivity index (χ1n) is 6.64. The van der Waals surface area contributed by atoms with E-state index in [1.54, 1.807) is 18.5 Å². The first-order chi connectivity index (χ1) is 9.65. The van der Waals surface area contributed by atoms with Gasteiger partial charge < -0.3 is 5.32 Å². The number of rotatable bonds is 4. The van der Waals surface area contributed by atoms with Gasteiger partial charge in [0.15, 0.2) is 0 Å². The van der Waals surface area contributed by atoms with Crippen molar-refractivity contribution in [3.8, 4) is 0 Å². The van der Waals surface area contributed by atoms with Crippen molar-refractivity contribution in [1.29, 1.82) is 0 Å². The largest absolute Gasteiger partial charge is 0.323 e. The summed E-state index contributed by atoms with van der Waals surface area (Å²) in [5.41, 5.74) is 2.98. The number of aromatic nitrogens is 1. The Bertz CT molecular complexity index is 603. The van der Waals surface area contributed by atoms with Crippen LogP contribution in [0.1, 0.15) is 30.9 Å². The molecule has 3 heteroatoms. The van der Waals surface area contributed by atoms with Crippen LogP contribution in [0.3, 0.4) is 0 Å². The molecule has 1 amide bonds. The van der Waals surface area contributed by atoms with Crippen LogP contribution in [0.4, 0.5) is 5.69 Å². The van der Waals surface area contributed by atoms with Crippen LogP contribution in [-0.4, -0.2) is 10.9 Å². The maximum absolute atomic E-state index is 11.9. The zero-order chi connectivity index (χ0) is 14.4. The van der Waals surface area contributed by atoms with Gasteiger partial charge in [-0.1, -0.05) is 26.0 Å². The summed E-state index contributed by atoms with van der Waals surface area (Å²) in [7, 11) is 0. The van der Waals surface area contributed by atoms with Crippen molar-refractivity contribution in [2.24, 2.45) is 0 Å². The van der Waals surface area contributed by atoms with E-state index < -0.39 is 0 Å². The van der Waals surface area contributed by atoms with Gasteiger partial charge in [0.2, 0.25) is 5.91 Å². The predicted molar refractivity (Wildman–Crippen MR) is 82.4 cm³/mol. The molecule has 0 aliphatic carbocycles. The minimum Gasteiger partial charge on any atom is -0.323 e. The van der Waals surface area contributed by atoms with Crippen molar-refractivity contribution in [3.05, 3.63) is 66.0 Å². The van der Waals surface area contributed by atoms with Gasteiger partial charge in [-0.2, -0.15) is 0 Å². The van der Waals surface area contributed by atoms with Crippen molar-refractivity contribution in [2.45, 2.75) is 19.8 Å². The molecular weight excluding hydrogens is 248 g/mol. The van der Waals surface area contributed by atoms with Gasteiger partial charge >= 0.3 is 0 Å². The molecule has 0 unspecified atom stereocenters. The number of nitrogens with zero attached hydrogens (tertiary/aromatic N) is 1. The van der Waals surface area contributed by atoms with Crippen LogP contribution in [0.15, 0.2) is 54.9 Å². The number of carbonyl (C=O) groups excluding carboxylic acids is 1. The number of benzene rings is 1. The van der Waals surface area contributed by atoms with Crippen molar-refractivity contribution in [2.75, 3.05) is 5.32 Å². The molecule has 2 aromatic rings. The van der Waals surface area contributed by atoms with Gasteiger partial charge in [-0.25, -0.2) is 0 Å². The number of anilines is 1. The molecule has 0 aliphatic rings. The van der Waals surface area contributed by atoms with Crippen molar-refractivity contribution in [3.63, 3.8) is 0 Å². The lowest BCUT2D eigenvalue weighted by molar-refractivity contribution is -0.111. The quantitative estimate of drug-likeness (QED) is 0.854. The van der Waals surface area contributed by atoms with Crippen LogP contribution in [-0.2, 0) is 4.79 Å². The van der Waals surface area contributed by atoms with Crippen molar-refractivity contribution >= 4 is 17.7 Å². The van der Waals surface area contributed by atoms with Gasteiger partial charge in [-0.3, -0.25) is 9.78 Å². The summed E-state index contributed by atoms with van der Waals surface area (Å²) in [6.45, 7) is 4.26. The zero-order valence-corrected chi connectivity index (χ0v) is 11.7. The van der Waals surface area contributed by atoms with E-state index in [-0.39, 0.29) is 5.91 Å². The molecule has 0 bridgehead atoms. The fourth-order valence-electron chi connectivity index (χ4n) is 1.81. The fourth-order valence-corrected chi connectivity index (χ4v) is 1.81. The maximum atomic E-state index is 11.9. The molecule has 20 heavy (non-hydrogen) atoms. The highest BCUT2D eigenvalue weighted by Gasteiger charge is 2.02. The van der Waals surface area contributed by atoms with Gasteiger partial charge in [-0.05, 0) is 47.4 Å². The normalized spacial score (nSPS) is 10.9. The number of amides is 1. The Morgan fingerprint density at radius 1 is 1.20 bits per heavy atom. The molecule has 102 valence electrons. The van der Waals surface area contributed by atoms with Crippen molar-refractivity contribution in [1.82, 2.24) is 4.98 Å². The average Bonchev–Trinajstić information content (AvgIpc) is 2.46. The molecule has 1 aromatic carbocycles. The maximum Gasteiger partial charge on any atom is 0.248 e. The lowest BCUT2D eigenvalue weighted by Crippen LogP contribution is -2.08. The molecule has 1 N–H and O–H groups in total. The van der Waals surface area contributed by atoms with Crippen LogP contribution in [0, 0.1) is 0 Å². The second-order valence-corrected chi connectivity index (χ2v) is 4.88. The second-order valence-electron chi connectivity index (χ2n) is 4.88. The van der Waals surface area contributed by atoms with E-state index in [0.29, 0.717) is 5.92 Å². The van der Waals surface area contributed by atoms with Gasteiger partial charge in [0.05, 0.1) is 0 Å². The fraction of sp³-hybridized carbons (Fsp3) is 0.176. The van der Waals surface area contributed by atoms with Crippen LogP contribution in [0.2, 0.25) is 0 Å². The Balaban J connectivity index is 2.01. The highest BCUT2D eigenvalue weighted by molar-refractivity contribution is 6.01. The molecule has 0 spiro atoms. The zero-order valence-electron chi connectivity index (χ0n) is 11.7. The molecule has 0 aliphatic heterocycles. The van der Waals surface area contributed by atoms with Crippen LogP contribution >= 0.6 is 0 Å². The molecule has 0 fully saturated rings. The summed E-state index contributed by atoms with van der Waals surface area (Å²) in [5.74, 6) is 0.307. The third-order valence-corrected chi connectivity index (χ3v) is 2.95. The molecule has 0 saturated heterocycles. The third kappa shape index (κ3) is 4.05. The summed E-state index contributed by atoms with van der Waals surface area (Å²) >= 11 is 0. The molecular formula is C17H18N2O. The summed E-state index contributed by atoms with van der Waals surface area (Å²) in [6.07, 6.45) is 6.69. The molecule has 0 radical (unpaired) electrons. The standard InChI is InChI=1S/C17H18N2O/c1-13(2)15-4-3-5-16(12-15)19-17(20)7-6-14-8-10-18-11-9-14/h3-13H,1-2H3,(H,19,20)/b7-6+. The summed E-state index contributed by atoms with van der Waals surface area (Å²) < 4.78 is 0. The number of nitrogens with one attached hydrogen (secondary N) is 1. The van der Waals surface area contributed by atoms with E-state index in [1.807, 2.05) is 30.3 Å². The van der Waals surface area contributed by atoms with Crippen LogP contribution in [0.5, 0.6) is 0 Å². The smallest absolute Gasteiger partial charge is 0.248 e. The van der Waals surface area contributed by atoms with Gasteiger partial charge in [0, 0.05) is 24.2 Å². The number of carbonyl (C=O) groups is 1. The lowest BCUT2D eigenvalue weighted by atomic mass is 10.0. The highest BCUT2D eigenvalue weighted by Crippen LogP contribution is 2.18. The van der Waals surface area contributed by atoms with E-state index in [0.717, 1.165) is 11.3 Å². The Morgan fingerprint density at radius 2 is 1.95 bits per heavy atom. The number of hydrogen-bond acceptors (Lipinski definition) is 2. The minimum absolute atomic E-state index is 0.136. The monoisotopic (exact) mass is 266 g/mol. The van der Waals surface area contributed by atoms with Gasteiger partial charge in [0.1, 0.15) is 0 Å². The SMILES string of the molecule is CC(C)c1cccc(NC(=O)/C=C/c2ccncc2)c1. The number of pyridine rings is 1. The Hall–Kier alpha value is -2.42. The van der Waals surface area contributed by atoms with Gasteiger partial charge in [-0.15, -0.1) is 0 Å². The number of hydrogen-bond donors (Lipinski definition) is 1. The first kappa shape index (κ1) is 14.0. The molecule has 1 aromatic heterocycles. The predicted octanol–water partition coefficient (Wildman–Crippen LogP) is 3.86. The topological polar surface area (TPSA) is 42.0 Å². The summed E-state index contributed by atoms with van der Waals surface area (Å²) in [4.78, 5) is 15.8. The molecule has 3 nitrogen and oxygen atoms in total. The Morgan fingerprint density at radius 3 is 2.65 bits per heavy atom.